The monoisotopic (exact) mass is 356 g/mol. The Balaban J connectivity index is 2.08. The number of ether oxygens (including phenoxy) is 1. The summed E-state index contributed by atoms with van der Waals surface area (Å²) in [6, 6.07) is 4.13. The summed E-state index contributed by atoms with van der Waals surface area (Å²) in [6.45, 7) is 12.0. The summed E-state index contributed by atoms with van der Waals surface area (Å²) in [7, 11) is 0. The van der Waals surface area contributed by atoms with Gasteiger partial charge in [-0.25, -0.2) is 4.79 Å². The van der Waals surface area contributed by atoms with Crippen LogP contribution in [0.15, 0.2) is 12.1 Å². The van der Waals surface area contributed by atoms with Crippen LogP contribution in [0.2, 0.25) is 0 Å². The number of hydrogen-bond acceptors (Lipinski definition) is 3. The predicted molar refractivity (Wildman–Crippen MR) is 104 cm³/mol. The minimum Gasteiger partial charge on any atom is -0.461 e. The molecule has 2 aromatic rings. The van der Waals surface area contributed by atoms with E-state index in [0.29, 0.717) is 25.1 Å². The first-order valence-corrected chi connectivity index (χ1v) is 8.97. The van der Waals surface area contributed by atoms with E-state index in [1.165, 1.54) is 5.56 Å². The molecule has 5 heteroatoms. The van der Waals surface area contributed by atoms with Crippen molar-refractivity contribution in [2.75, 3.05) is 11.9 Å². The fourth-order valence-corrected chi connectivity index (χ4v) is 3.39. The van der Waals surface area contributed by atoms with Crippen LogP contribution in [0.1, 0.15) is 57.3 Å². The smallest absolute Gasteiger partial charge is 0.355 e. The second kappa shape index (κ2) is 8.21. The normalized spacial score (nSPS) is 10.7. The van der Waals surface area contributed by atoms with Gasteiger partial charge >= 0.3 is 5.97 Å². The lowest BCUT2D eigenvalue weighted by Gasteiger charge is -2.13. The number of aromatic nitrogens is 1. The Hall–Kier alpha value is -2.56. The van der Waals surface area contributed by atoms with Gasteiger partial charge in [0.2, 0.25) is 5.91 Å². The Morgan fingerprint density at radius 1 is 1.08 bits per heavy atom. The Labute approximate surface area is 155 Å². The molecule has 0 radical (unpaired) electrons. The highest BCUT2D eigenvalue weighted by Crippen LogP contribution is 2.23. The molecule has 1 amide bonds. The first-order valence-electron chi connectivity index (χ1n) is 8.97. The Kier molecular flexibility index (Phi) is 6.24. The molecule has 0 saturated heterocycles. The van der Waals surface area contributed by atoms with Crippen LogP contribution in [0.3, 0.4) is 0 Å². The van der Waals surface area contributed by atoms with E-state index in [-0.39, 0.29) is 11.9 Å². The van der Waals surface area contributed by atoms with E-state index in [9.17, 15) is 9.59 Å². The molecule has 0 bridgehead atoms. The summed E-state index contributed by atoms with van der Waals surface area (Å²) in [5, 5.41) is 3.02. The molecule has 140 valence electrons. The van der Waals surface area contributed by atoms with Crippen molar-refractivity contribution >= 4 is 17.6 Å². The van der Waals surface area contributed by atoms with Crippen molar-refractivity contribution in [1.29, 1.82) is 0 Å². The molecule has 0 atom stereocenters. The van der Waals surface area contributed by atoms with Crippen molar-refractivity contribution in [3.05, 3.63) is 51.3 Å². The second-order valence-corrected chi connectivity index (χ2v) is 6.77. The summed E-state index contributed by atoms with van der Waals surface area (Å²) in [5.41, 5.74) is 7.44. The number of esters is 1. The fraction of sp³-hybridized carbons (Fsp3) is 0.429. The highest BCUT2D eigenvalue weighted by molar-refractivity contribution is 5.93. The molecule has 0 spiro atoms. The zero-order valence-corrected chi connectivity index (χ0v) is 16.5. The number of aryl methyl sites for hydroxylation is 4. The maximum Gasteiger partial charge on any atom is 0.355 e. The van der Waals surface area contributed by atoms with Gasteiger partial charge in [0, 0.05) is 17.8 Å². The van der Waals surface area contributed by atoms with Crippen molar-refractivity contribution in [3.8, 4) is 0 Å². The lowest BCUT2D eigenvalue weighted by molar-refractivity contribution is -0.116. The van der Waals surface area contributed by atoms with Crippen LogP contribution >= 0.6 is 0 Å². The first kappa shape index (κ1) is 19.8. The molecule has 0 aliphatic heterocycles. The summed E-state index contributed by atoms with van der Waals surface area (Å²) in [5.74, 6) is -0.382. The number of carbonyl (C=O) groups is 2. The summed E-state index contributed by atoms with van der Waals surface area (Å²) in [6.07, 6.45) is 0.928. The van der Waals surface area contributed by atoms with Gasteiger partial charge in [0.15, 0.2) is 0 Å². The van der Waals surface area contributed by atoms with Crippen LogP contribution in [0.25, 0.3) is 0 Å². The molecule has 0 saturated carbocycles. The average Bonchev–Trinajstić information content (AvgIpc) is 2.83. The standard InChI is InChI=1S/C21H28N2O3/c1-7-26-21(25)20-15(5)17(16(6)22-20)8-9-18(24)23-19-13(3)10-12(2)11-14(19)4/h10-11,22H,7-9H2,1-6H3,(H,23,24). The van der Waals surface area contributed by atoms with Crippen molar-refractivity contribution in [2.45, 2.75) is 54.4 Å². The molecule has 5 nitrogen and oxygen atoms in total. The predicted octanol–water partition coefficient (Wildman–Crippen LogP) is 4.30. The maximum absolute atomic E-state index is 12.4. The number of aromatic amines is 1. The van der Waals surface area contributed by atoms with E-state index >= 15 is 0 Å². The van der Waals surface area contributed by atoms with Crippen molar-refractivity contribution < 1.29 is 14.3 Å². The highest BCUT2D eigenvalue weighted by Gasteiger charge is 2.19. The van der Waals surface area contributed by atoms with E-state index in [4.69, 9.17) is 4.74 Å². The molecule has 1 heterocycles. The summed E-state index contributed by atoms with van der Waals surface area (Å²) in [4.78, 5) is 27.5. The van der Waals surface area contributed by atoms with Gasteiger partial charge < -0.3 is 15.0 Å². The van der Waals surface area contributed by atoms with Gasteiger partial charge in [-0.3, -0.25) is 4.79 Å². The van der Waals surface area contributed by atoms with E-state index < -0.39 is 0 Å². The van der Waals surface area contributed by atoms with Gasteiger partial charge in [0.25, 0.3) is 0 Å². The molecule has 2 N–H and O–H groups in total. The zero-order chi connectivity index (χ0) is 19.4. The molecular weight excluding hydrogens is 328 g/mol. The third-order valence-corrected chi connectivity index (χ3v) is 4.62. The number of anilines is 1. The third-order valence-electron chi connectivity index (χ3n) is 4.62. The molecule has 0 aliphatic carbocycles. The van der Waals surface area contributed by atoms with Crippen LogP contribution in [-0.2, 0) is 16.0 Å². The number of nitrogens with one attached hydrogen (secondary N) is 2. The molecule has 0 fully saturated rings. The van der Waals surface area contributed by atoms with Gasteiger partial charge in [0.05, 0.1) is 6.61 Å². The Morgan fingerprint density at radius 3 is 2.27 bits per heavy atom. The SMILES string of the molecule is CCOC(=O)c1[nH]c(C)c(CCC(=O)Nc2c(C)cc(C)cc2C)c1C. The molecule has 0 unspecified atom stereocenters. The Bertz CT molecular complexity index is 811. The summed E-state index contributed by atoms with van der Waals surface area (Å²) >= 11 is 0. The van der Waals surface area contributed by atoms with Gasteiger partial charge in [-0.05, 0) is 70.2 Å². The first-order chi connectivity index (χ1) is 12.2. The van der Waals surface area contributed by atoms with Gasteiger partial charge in [-0.15, -0.1) is 0 Å². The second-order valence-electron chi connectivity index (χ2n) is 6.77. The van der Waals surface area contributed by atoms with Crippen LogP contribution in [-0.4, -0.2) is 23.5 Å². The van der Waals surface area contributed by atoms with Crippen molar-refractivity contribution in [1.82, 2.24) is 4.98 Å². The lowest BCUT2D eigenvalue weighted by Crippen LogP contribution is -2.14. The number of hydrogen-bond donors (Lipinski definition) is 2. The van der Waals surface area contributed by atoms with E-state index in [1.807, 2.05) is 34.6 Å². The third kappa shape index (κ3) is 4.34. The number of rotatable bonds is 6. The number of benzene rings is 1. The van der Waals surface area contributed by atoms with Crippen LogP contribution in [0.5, 0.6) is 0 Å². The minimum atomic E-state index is -0.352. The van der Waals surface area contributed by atoms with Gasteiger partial charge in [0.1, 0.15) is 5.69 Å². The molecule has 0 aliphatic rings. The average molecular weight is 356 g/mol. The van der Waals surface area contributed by atoms with E-state index in [2.05, 4.69) is 22.4 Å². The van der Waals surface area contributed by atoms with Crippen LogP contribution < -0.4 is 5.32 Å². The Morgan fingerprint density at radius 2 is 1.69 bits per heavy atom. The number of amides is 1. The number of H-pyrrole nitrogens is 1. The van der Waals surface area contributed by atoms with E-state index in [1.54, 1.807) is 6.92 Å². The molecule has 2 rings (SSSR count). The maximum atomic E-state index is 12.4. The largest absolute Gasteiger partial charge is 0.461 e. The molecule has 26 heavy (non-hydrogen) atoms. The molecule has 1 aromatic heterocycles. The highest BCUT2D eigenvalue weighted by atomic mass is 16.5. The quantitative estimate of drug-likeness (QED) is 0.758. The molecule has 1 aromatic carbocycles. The van der Waals surface area contributed by atoms with Crippen LogP contribution in [0.4, 0.5) is 5.69 Å². The zero-order valence-electron chi connectivity index (χ0n) is 16.5. The summed E-state index contributed by atoms with van der Waals surface area (Å²) < 4.78 is 5.07. The minimum absolute atomic E-state index is 0.0299. The van der Waals surface area contributed by atoms with Crippen molar-refractivity contribution in [3.63, 3.8) is 0 Å². The van der Waals surface area contributed by atoms with Gasteiger partial charge in [-0.1, -0.05) is 17.7 Å². The number of carbonyl (C=O) groups excluding carboxylic acids is 2. The topological polar surface area (TPSA) is 71.2 Å². The van der Waals surface area contributed by atoms with Gasteiger partial charge in [-0.2, -0.15) is 0 Å². The fourth-order valence-electron chi connectivity index (χ4n) is 3.39. The van der Waals surface area contributed by atoms with Crippen LogP contribution in [0, 0.1) is 34.6 Å². The molecular formula is C21H28N2O3. The van der Waals surface area contributed by atoms with Crippen molar-refractivity contribution in [2.24, 2.45) is 0 Å². The lowest BCUT2D eigenvalue weighted by atomic mass is 10.0. The van der Waals surface area contributed by atoms with E-state index in [0.717, 1.165) is 33.6 Å².